The minimum absolute atomic E-state index is 0.188. The summed E-state index contributed by atoms with van der Waals surface area (Å²) >= 11 is 0. The largest absolute Gasteiger partial charge is 0.416 e. The van der Waals surface area contributed by atoms with Gasteiger partial charge in [-0.05, 0) is 54.3 Å². The van der Waals surface area contributed by atoms with Crippen molar-refractivity contribution in [3.05, 3.63) is 70.8 Å². The second kappa shape index (κ2) is 10.1. The topological polar surface area (TPSA) is 104 Å². The monoisotopic (exact) mass is 415 g/mol. The van der Waals surface area contributed by atoms with E-state index in [9.17, 15) is 22.8 Å². The van der Waals surface area contributed by atoms with E-state index in [2.05, 4.69) is 29.0 Å². The predicted octanol–water partition coefficient (Wildman–Crippen LogP) is 1.67. The van der Waals surface area contributed by atoms with Crippen molar-refractivity contribution >= 4 is 11.8 Å². The fourth-order valence-electron chi connectivity index (χ4n) is 2.24. The molecule has 0 aliphatic rings. The Labute approximate surface area is 170 Å². The Kier molecular flexibility index (Phi) is 7.59. The third-order valence-electron chi connectivity index (χ3n) is 3.78. The summed E-state index contributed by atoms with van der Waals surface area (Å²) < 4.78 is 38.0. The van der Waals surface area contributed by atoms with Crippen molar-refractivity contribution in [2.75, 3.05) is 6.54 Å². The lowest BCUT2D eigenvalue weighted by Crippen LogP contribution is -2.50. The van der Waals surface area contributed by atoms with E-state index < -0.39 is 29.6 Å². The summed E-state index contributed by atoms with van der Waals surface area (Å²) in [5, 5.41) is 11.0. The van der Waals surface area contributed by atoms with Gasteiger partial charge in [0, 0.05) is 23.2 Å². The van der Waals surface area contributed by atoms with Gasteiger partial charge in [-0.1, -0.05) is 17.9 Å². The van der Waals surface area contributed by atoms with Gasteiger partial charge in [0.05, 0.1) is 5.56 Å². The van der Waals surface area contributed by atoms with Gasteiger partial charge >= 0.3 is 6.18 Å². The molecule has 2 rings (SSSR count). The number of carbonyl (C=O) groups is 2. The number of benzene rings is 2. The molecule has 6 nitrogen and oxygen atoms in total. The SMILES string of the molecule is NC[C@H](NC(=O)c1ccc(C#CC#Cc2cccc(C(F)(F)F)c2)cc1)C(=O)NO. The zero-order valence-electron chi connectivity index (χ0n) is 15.4. The molecule has 0 bridgehead atoms. The molecule has 0 fully saturated rings. The molecule has 154 valence electrons. The van der Waals surface area contributed by atoms with Crippen LogP contribution in [0.25, 0.3) is 0 Å². The molecule has 0 radical (unpaired) electrons. The highest BCUT2D eigenvalue weighted by atomic mass is 19.4. The highest BCUT2D eigenvalue weighted by Gasteiger charge is 2.30. The molecule has 9 heteroatoms. The first-order valence-electron chi connectivity index (χ1n) is 8.49. The van der Waals surface area contributed by atoms with Crippen molar-refractivity contribution < 1.29 is 28.0 Å². The molecular formula is C21H16F3N3O3. The number of hydrogen-bond acceptors (Lipinski definition) is 4. The summed E-state index contributed by atoms with van der Waals surface area (Å²) in [6, 6.07) is 9.52. The Bertz CT molecular complexity index is 1040. The third-order valence-corrected chi connectivity index (χ3v) is 3.78. The second-order valence-electron chi connectivity index (χ2n) is 5.89. The Hall–Kier alpha value is -3.79. The number of hydrogen-bond donors (Lipinski definition) is 4. The number of nitrogens with two attached hydrogens (primary N) is 1. The van der Waals surface area contributed by atoms with Gasteiger partial charge in [-0.3, -0.25) is 14.8 Å². The molecule has 0 heterocycles. The number of amides is 2. The molecule has 2 aromatic carbocycles. The van der Waals surface area contributed by atoms with Crippen LogP contribution in [0.4, 0.5) is 13.2 Å². The molecule has 1 atom stereocenters. The fraction of sp³-hybridized carbons (Fsp3) is 0.143. The maximum atomic E-state index is 12.7. The first-order valence-corrected chi connectivity index (χ1v) is 8.49. The van der Waals surface area contributed by atoms with Crippen LogP contribution in [0.5, 0.6) is 0 Å². The van der Waals surface area contributed by atoms with E-state index in [0.29, 0.717) is 5.56 Å². The standard InChI is InChI=1S/C21H16F3N3O3/c22-21(23,24)17-7-3-6-15(12-17)5-2-1-4-14-8-10-16(11-9-14)19(28)26-18(13-25)20(29)27-30/h3,6-12,18,30H,13,25H2,(H,26,28)(H,27,29)/t18-/m0/s1. The van der Waals surface area contributed by atoms with Gasteiger partial charge in [0.25, 0.3) is 11.8 Å². The first-order chi connectivity index (χ1) is 14.2. The Morgan fingerprint density at radius 2 is 1.67 bits per heavy atom. The lowest BCUT2D eigenvalue weighted by atomic mass is 10.1. The molecule has 0 saturated heterocycles. The fourth-order valence-corrected chi connectivity index (χ4v) is 2.24. The van der Waals surface area contributed by atoms with Gasteiger partial charge in [0.15, 0.2) is 0 Å². The first kappa shape index (κ1) is 22.5. The predicted molar refractivity (Wildman–Crippen MR) is 102 cm³/mol. The summed E-state index contributed by atoms with van der Waals surface area (Å²) in [6.45, 7) is -0.202. The zero-order chi connectivity index (χ0) is 22.1. The lowest BCUT2D eigenvalue weighted by Gasteiger charge is -2.14. The summed E-state index contributed by atoms with van der Waals surface area (Å²) in [5.74, 6) is 8.85. The highest BCUT2D eigenvalue weighted by Crippen LogP contribution is 2.29. The molecule has 0 unspecified atom stereocenters. The molecule has 30 heavy (non-hydrogen) atoms. The van der Waals surface area contributed by atoms with Crippen LogP contribution in [0.2, 0.25) is 0 Å². The van der Waals surface area contributed by atoms with E-state index in [1.165, 1.54) is 41.9 Å². The van der Waals surface area contributed by atoms with Crippen LogP contribution in [-0.4, -0.2) is 29.6 Å². The van der Waals surface area contributed by atoms with Crippen LogP contribution in [-0.2, 0) is 11.0 Å². The minimum Gasteiger partial charge on any atom is -0.339 e. The Morgan fingerprint density at radius 3 is 2.23 bits per heavy atom. The quantitative estimate of drug-likeness (QED) is 0.346. The molecule has 0 aromatic heterocycles. The maximum Gasteiger partial charge on any atom is 0.416 e. The van der Waals surface area contributed by atoms with Crippen LogP contribution in [0.3, 0.4) is 0 Å². The molecule has 0 aliphatic heterocycles. The average Bonchev–Trinajstić information content (AvgIpc) is 2.74. The van der Waals surface area contributed by atoms with E-state index in [0.717, 1.165) is 12.1 Å². The number of alkyl halides is 3. The van der Waals surface area contributed by atoms with Crippen LogP contribution in [0, 0.1) is 23.7 Å². The lowest BCUT2D eigenvalue weighted by molar-refractivity contribution is -0.137. The van der Waals surface area contributed by atoms with Gasteiger partial charge in [-0.25, -0.2) is 5.48 Å². The normalized spacial score (nSPS) is 11.2. The van der Waals surface area contributed by atoms with Gasteiger partial charge in [-0.2, -0.15) is 13.2 Å². The van der Waals surface area contributed by atoms with E-state index >= 15 is 0 Å². The summed E-state index contributed by atoms with van der Waals surface area (Å²) in [4.78, 5) is 23.4. The van der Waals surface area contributed by atoms with Gasteiger partial charge < -0.3 is 11.1 Å². The van der Waals surface area contributed by atoms with E-state index in [4.69, 9.17) is 10.9 Å². The van der Waals surface area contributed by atoms with Crippen molar-refractivity contribution in [2.45, 2.75) is 12.2 Å². The maximum absolute atomic E-state index is 12.7. The average molecular weight is 415 g/mol. The number of halogens is 3. The molecule has 0 spiro atoms. The van der Waals surface area contributed by atoms with E-state index in [-0.39, 0.29) is 17.7 Å². The van der Waals surface area contributed by atoms with Gasteiger partial charge in [-0.15, -0.1) is 0 Å². The molecule has 0 saturated carbocycles. The second-order valence-corrected chi connectivity index (χ2v) is 5.89. The molecular weight excluding hydrogens is 399 g/mol. The molecule has 0 aliphatic carbocycles. The van der Waals surface area contributed by atoms with Crippen molar-refractivity contribution in [3.8, 4) is 23.7 Å². The van der Waals surface area contributed by atoms with Crippen LogP contribution < -0.4 is 16.5 Å². The van der Waals surface area contributed by atoms with Crippen molar-refractivity contribution in [1.82, 2.24) is 10.8 Å². The van der Waals surface area contributed by atoms with E-state index in [1.54, 1.807) is 0 Å². The summed E-state index contributed by atoms with van der Waals surface area (Å²) in [6.07, 6.45) is -4.44. The number of carbonyl (C=O) groups excluding carboxylic acids is 2. The molecule has 2 aromatic rings. The van der Waals surface area contributed by atoms with Gasteiger partial charge in [0.2, 0.25) is 0 Å². The Balaban J connectivity index is 2.05. The van der Waals surface area contributed by atoms with Crippen molar-refractivity contribution in [3.63, 3.8) is 0 Å². The number of nitrogens with one attached hydrogen (secondary N) is 2. The van der Waals surface area contributed by atoms with Crippen molar-refractivity contribution in [2.24, 2.45) is 5.73 Å². The Morgan fingerprint density at radius 1 is 1.03 bits per heavy atom. The van der Waals surface area contributed by atoms with Crippen LogP contribution >= 0.6 is 0 Å². The highest BCUT2D eigenvalue weighted by molar-refractivity contribution is 5.97. The number of rotatable bonds is 4. The minimum atomic E-state index is -4.44. The molecule has 2 amide bonds. The van der Waals surface area contributed by atoms with Crippen LogP contribution in [0.1, 0.15) is 27.0 Å². The summed E-state index contributed by atoms with van der Waals surface area (Å²) in [5.41, 5.74) is 6.94. The number of hydroxylamine groups is 1. The van der Waals surface area contributed by atoms with Gasteiger partial charge in [0.1, 0.15) is 6.04 Å². The zero-order valence-corrected chi connectivity index (χ0v) is 15.4. The van der Waals surface area contributed by atoms with E-state index in [1.807, 2.05) is 0 Å². The van der Waals surface area contributed by atoms with Crippen molar-refractivity contribution in [1.29, 1.82) is 0 Å². The summed E-state index contributed by atoms with van der Waals surface area (Å²) in [7, 11) is 0. The smallest absolute Gasteiger partial charge is 0.339 e. The van der Waals surface area contributed by atoms with Crippen LogP contribution in [0.15, 0.2) is 48.5 Å². The molecule has 5 N–H and O–H groups in total. The third kappa shape index (κ3) is 6.38.